The molecule has 2 heterocycles. The van der Waals surface area contributed by atoms with Gasteiger partial charge < -0.3 is 5.32 Å². The molecule has 20 heavy (non-hydrogen) atoms. The second-order valence-electron chi connectivity index (χ2n) is 3.92. The molecule has 0 bridgehead atoms. The molecule has 4 N–H and O–H groups in total. The Morgan fingerprint density at radius 2 is 2.10 bits per heavy atom. The quantitative estimate of drug-likeness (QED) is 0.623. The molecule has 3 rings (SSSR count). The van der Waals surface area contributed by atoms with Crippen LogP contribution in [0.5, 0.6) is 0 Å². The average molecular weight is 291 g/mol. The zero-order valence-electron chi connectivity index (χ0n) is 9.98. The summed E-state index contributed by atoms with van der Waals surface area (Å²) in [6.45, 7) is 0. The minimum Gasteiger partial charge on any atom is -0.324 e. The van der Waals surface area contributed by atoms with E-state index in [0.717, 1.165) is 0 Å². The van der Waals surface area contributed by atoms with Gasteiger partial charge in [-0.1, -0.05) is 6.07 Å². The van der Waals surface area contributed by atoms with Crippen molar-refractivity contribution in [3.63, 3.8) is 0 Å². The molecular formula is C10H9N7O2S. The maximum absolute atomic E-state index is 11.3. The number of rotatable bonds is 3. The number of nitrogens with two attached hydrogens (primary N) is 1. The van der Waals surface area contributed by atoms with E-state index in [-0.39, 0.29) is 10.8 Å². The van der Waals surface area contributed by atoms with Crippen molar-refractivity contribution in [1.29, 1.82) is 0 Å². The van der Waals surface area contributed by atoms with E-state index in [9.17, 15) is 8.42 Å². The predicted octanol–water partition coefficient (Wildman–Crippen LogP) is 0.139. The van der Waals surface area contributed by atoms with Crippen LogP contribution < -0.4 is 10.5 Å². The SMILES string of the molecule is NS(=O)(=O)c1cccc(Nc2ncc3n[nH]nc3n2)c1. The summed E-state index contributed by atoms with van der Waals surface area (Å²) in [5.41, 5.74) is 1.44. The zero-order valence-corrected chi connectivity index (χ0v) is 10.8. The Balaban J connectivity index is 1.94. The van der Waals surface area contributed by atoms with Crippen LogP contribution in [-0.4, -0.2) is 33.8 Å². The molecule has 0 amide bonds. The Hall–Kier alpha value is -2.59. The highest BCUT2D eigenvalue weighted by molar-refractivity contribution is 7.89. The second kappa shape index (κ2) is 4.51. The standard InChI is InChI=1S/C10H9N7O2S/c11-20(18,19)7-3-1-2-6(4-7)13-10-12-5-8-9(14-10)16-17-15-8/h1-5H,(H2,11,18,19)(H2,12,13,14,15,16,17). The minimum atomic E-state index is -3.75. The number of nitrogens with zero attached hydrogens (tertiary/aromatic N) is 4. The van der Waals surface area contributed by atoms with Gasteiger partial charge in [0.25, 0.3) is 0 Å². The Kier molecular flexibility index (Phi) is 2.80. The molecule has 1 aromatic carbocycles. The number of sulfonamides is 1. The highest BCUT2D eigenvalue weighted by atomic mass is 32.2. The fourth-order valence-corrected chi connectivity index (χ4v) is 2.15. The molecule has 0 saturated heterocycles. The number of nitrogens with one attached hydrogen (secondary N) is 2. The highest BCUT2D eigenvalue weighted by Crippen LogP contribution is 2.17. The molecule has 0 spiro atoms. The van der Waals surface area contributed by atoms with E-state index in [0.29, 0.717) is 16.9 Å². The van der Waals surface area contributed by atoms with E-state index in [1.165, 1.54) is 18.3 Å². The van der Waals surface area contributed by atoms with Crippen LogP contribution in [0.15, 0.2) is 35.4 Å². The molecule has 9 nitrogen and oxygen atoms in total. The average Bonchev–Trinajstić information content (AvgIpc) is 2.85. The predicted molar refractivity (Wildman–Crippen MR) is 70.6 cm³/mol. The monoisotopic (exact) mass is 291 g/mol. The first-order chi connectivity index (χ1) is 9.52. The van der Waals surface area contributed by atoms with E-state index in [4.69, 9.17) is 5.14 Å². The molecule has 3 aromatic rings. The van der Waals surface area contributed by atoms with E-state index >= 15 is 0 Å². The van der Waals surface area contributed by atoms with Crippen LogP contribution in [0.4, 0.5) is 11.6 Å². The summed E-state index contributed by atoms with van der Waals surface area (Å²) in [7, 11) is -3.75. The number of H-pyrrole nitrogens is 1. The third-order valence-corrected chi connectivity index (χ3v) is 3.41. The number of benzene rings is 1. The molecule has 0 radical (unpaired) electrons. The Morgan fingerprint density at radius 1 is 1.25 bits per heavy atom. The van der Waals surface area contributed by atoms with Crippen molar-refractivity contribution in [2.75, 3.05) is 5.32 Å². The first-order valence-electron chi connectivity index (χ1n) is 5.46. The summed E-state index contributed by atoms with van der Waals surface area (Å²) in [5, 5.41) is 18.0. The number of hydrogen-bond acceptors (Lipinski definition) is 7. The lowest BCUT2D eigenvalue weighted by Crippen LogP contribution is -2.12. The number of primary sulfonamides is 1. The van der Waals surface area contributed by atoms with Crippen LogP contribution in [0.2, 0.25) is 0 Å². The van der Waals surface area contributed by atoms with Crippen molar-refractivity contribution in [1.82, 2.24) is 25.4 Å². The third-order valence-electron chi connectivity index (χ3n) is 2.50. The molecule has 0 atom stereocenters. The number of aromatic nitrogens is 5. The maximum atomic E-state index is 11.3. The molecular weight excluding hydrogens is 282 g/mol. The fraction of sp³-hybridized carbons (Fsp3) is 0. The van der Waals surface area contributed by atoms with Crippen LogP contribution in [0, 0.1) is 0 Å². The summed E-state index contributed by atoms with van der Waals surface area (Å²) in [6, 6.07) is 6.04. The summed E-state index contributed by atoms with van der Waals surface area (Å²) in [6.07, 6.45) is 1.50. The topological polar surface area (TPSA) is 140 Å². The molecule has 0 aliphatic rings. The van der Waals surface area contributed by atoms with Crippen molar-refractivity contribution in [2.24, 2.45) is 5.14 Å². The Labute approximate surface area is 113 Å². The fourth-order valence-electron chi connectivity index (χ4n) is 1.59. The number of hydrogen-bond donors (Lipinski definition) is 3. The van der Waals surface area contributed by atoms with E-state index in [2.05, 4.69) is 30.7 Å². The Bertz CT molecular complexity index is 874. The molecule has 0 unspecified atom stereocenters. The van der Waals surface area contributed by atoms with E-state index in [1.807, 2.05) is 0 Å². The molecule has 2 aromatic heterocycles. The lowest BCUT2D eigenvalue weighted by atomic mass is 10.3. The van der Waals surface area contributed by atoms with Crippen LogP contribution in [0.25, 0.3) is 11.2 Å². The Morgan fingerprint density at radius 3 is 2.90 bits per heavy atom. The number of fused-ring (bicyclic) bond motifs is 1. The summed E-state index contributed by atoms with van der Waals surface area (Å²) < 4.78 is 22.5. The lowest BCUT2D eigenvalue weighted by molar-refractivity contribution is 0.598. The second-order valence-corrected chi connectivity index (χ2v) is 5.49. The first-order valence-corrected chi connectivity index (χ1v) is 7.00. The third kappa shape index (κ3) is 2.41. The van der Waals surface area contributed by atoms with Gasteiger partial charge in [-0.05, 0) is 18.2 Å². The van der Waals surface area contributed by atoms with Crippen LogP contribution in [-0.2, 0) is 10.0 Å². The summed E-state index contributed by atoms with van der Waals surface area (Å²) in [4.78, 5) is 8.16. The molecule has 10 heteroatoms. The van der Waals surface area contributed by atoms with Crippen molar-refractivity contribution in [2.45, 2.75) is 4.90 Å². The van der Waals surface area contributed by atoms with Gasteiger partial charge in [-0.15, -0.1) is 5.10 Å². The van der Waals surface area contributed by atoms with Crippen LogP contribution >= 0.6 is 0 Å². The van der Waals surface area contributed by atoms with Gasteiger partial charge in [0, 0.05) is 5.69 Å². The number of anilines is 2. The molecule has 0 aliphatic heterocycles. The van der Waals surface area contributed by atoms with Gasteiger partial charge in [0.05, 0.1) is 11.1 Å². The first kappa shape index (κ1) is 12.4. The molecule has 0 aliphatic carbocycles. The van der Waals surface area contributed by atoms with Gasteiger partial charge in [0.2, 0.25) is 21.6 Å². The van der Waals surface area contributed by atoms with Crippen molar-refractivity contribution >= 4 is 32.8 Å². The zero-order chi connectivity index (χ0) is 14.2. The van der Waals surface area contributed by atoms with E-state index in [1.54, 1.807) is 12.1 Å². The van der Waals surface area contributed by atoms with Crippen molar-refractivity contribution in [3.05, 3.63) is 30.5 Å². The summed E-state index contributed by atoms with van der Waals surface area (Å²) >= 11 is 0. The van der Waals surface area contributed by atoms with Gasteiger partial charge in [0.15, 0.2) is 0 Å². The van der Waals surface area contributed by atoms with E-state index < -0.39 is 10.0 Å². The lowest BCUT2D eigenvalue weighted by Gasteiger charge is -2.05. The molecule has 102 valence electrons. The number of aromatic amines is 1. The van der Waals surface area contributed by atoms with Crippen LogP contribution in [0.3, 0.4) is 0 Å². The highest BCUT2D eigenvalue weighted by Gasteiger charge is 2.09. The van der Waals surface area contributed by atoms with Crippen molar-refractivity contribution in [3.8, 4) is 0 Å². The normalized spacial score (nSPS) is 11.7. The van der Waals surface area contributed by atoms with Gasteiger partial charge in [0.1, 0.15) is 5.52 Å². The van der Waals surface area contributed by atoms with Crippen LogP contribution in [0.1, 0.15) is 0 Å². The van der Waals surface area contributed by atoms with Gasteiger partial charge in [-0.3, -0.25) is 0 Å². The minimum absolute atomic E-state index is 0.00464. The van der Waals surface area contributed by atoms with Gasteiger partial charge in [-0.25, -0.2) is 18.5 Å². The summed E-state index contributed by atoms with van der Waals surface area (Å²) in [5.74, 6) is 0.276. The smallest absolute Gasteiger partial charge is 0.238 e. The molecule has 0 saturated carbocycles. The van der Waals surface area contributed by atoms with Crippen molar-refractivity contribution < 1.29 is 8.42 Å². The van der Waals surface area contributed by atoms with Gasteiger partial charge in [-0.2, -0.15) is 15.3 Å². The molecule has 0 fully saturated rings. The van der Waals surface area contributed by atoms with Gasteiger partial charge >= 0.3 is 0 Å². The maximum Gasteiger partial charge on any atom is 0.238 e. The largest absolute Gasteiger partial charge is 0.324 e.